The van der Waals surface area contributed by atoms with E-state index >= 15 is 0 Å². The van der Waals surface area contributed by atoms with Gasteiger partial charge in [0.05, 0.1) is 12.7 Å². The van der Waals surface area contributed by atoms with Crippen molar-refractivity contribution in [2.45, 2.75) is 38.7 Å². The van der Waals surface area contributed by atoms with Gasteiger partial charge in [-0.25, -0.2) is 0 Å². The highest BCUT2D eigenvalue weighted by atomic mass is 16.5. The Kier molecular flexibility index (Phi) is 6.56. The third kappa shape index (κ3) is 4.45. The number of nitrogens with one attached hydrogen (secondary N) is 1. The zero-order valence-electron chi connectivity index (χ0n) is 15.0. The fraction of sp³-hybridized carbons (Fsp3) is 0.812. The van der Waals surface area contributed by atoms with Gasteiger partial charge in [-0.05, 0) is 19.8 Å². The summed E-state index contributed by atoms with van der Waals surface area (Å²) in [5.41, 5.74) is 0. The van der Waals surface area contributed by atoms with Crippen molar-refractivity contribution in [1.82, 2.24) is 20.1 Å². The van der Waals surface area contributed by atoms with Crippen LogP contribution in [0.5, 0.6) is 0 Å². The quantitative estimate of drug-likeness (QED) is 0.661. The number of aromatic nitrogens is 3. The average Bonchev–Trinajstić information content (AvgIpc) is 3.08. The molecular formula is C16H29N5O3. The number of ether oxygens (including phenoxy) is 1. The van der Waals surface area contributed by atoms with Gasteiger partial charge in [-0.15, -0.1) is 10.2 Å². The lowest BCUT2D eigenvalue weighted by atomic mass is 10.0. The third-order valence-corrected chi connectivity index (χ3v) is 4.64. The first-order chi connectivity index (χ1) is 11.4. The molecule has 1 heterocycles. The summed E-state index contributed by atoms with van der Waals surface area (Å²) in [6.45, 7) is 6.07. The van der Waals surface area contributed by atoms with E-state index in [0.717, 1.165) is 24.7 Å². The Balaban J connectivity index is 1.99. The van der Waals surface area contributed by atoms with Crippen molar-refractivity contribution in [3.05, 3.63) is 5.82 Å². The topological polar surface area (TPSA) is 92.5 Å². The number of hydrogen-bond donors (Lipinski definition) is 2. The minimum Gasteiger partial charge on any atom is -0.393 e. The molecule has 2 rings (SSSR count). The van der Waals surface area contributed by atoms with Crippen molar-refractivity contribution in [2.75, 3.05) is 38.3 Å². The van der Waals surface area contributed by atoms with Crippen LogP contribution >= 0.6 is 0 Å². The van der Waals surface area contributed by atoms with Crippen LogP contribution in [0.4, 0.5) is 5.95 Å². The normalized spacial score (nSPS) is 23.5. The third-order valence-electron chi connectivity index (χ3n) is 4.64. The van der Waals surface area contributed by atoms with Crippen molar-refractivity contribution >= 4 is 11.9 Å². The van der Waals surface area contributed by atoms with Gasteiger partial charge in [0.2, 0.25) is 11.9 Å². The Hall–Kier alpha value is -1.67. The number of aliphatic hydroxyl groups is 1. The van der Waals surface area contributed by atoms with Crippen LogP contribution in [-0.4, -0.2) is 65.2 Å². The van der Waals surface area contributed by atoms with E-state index in [-0.39, 0.29) is 17.7 Å². The molecule has 1 fully saturated rings. The highest BCUT2D eigenvalue weighted by Crippen LogP contribution is 2.38. The van der Waals surface area contributed by atoms with E-state index < -0.39 is 6.10 Å². The van der Waals surface area contributed by atoms with Crippen LogP contribution < -0.4 is 10.2 Å². The van der Waals surface area contributed by atoms with E-state index in [1.54, 1.807) is 0 Å². The predicted molar refractivity (Wildman–Crippen MR) is 90.9 cm³/mol. The smallest absolute Gasteiger partial charge is 0.226 e. The van der Waals surface area contributed by atoms with Crippen LogP contribution in [0, 0.1) is 5.92 Å². The van der Waals surface area contributed by atoms with E-state index in [0.29, 0.717) is 26.2 Å². The fourth-order valence-electron chi connectivity index (χ4n) is 3.27. The molecule has 0 radical (unpaired) electrons. The number of carbonyl (C=O) groups excluding carboxylic acids is 1. The monoisotopic (exact) mass is 339 g/mol. The van der Waals surface area contributed by atoms with Gasteiger partial charge < -0.3 is 24.6 Å². The first kappa shape index (κ1) is 18.7. The molecule has 0 aromatic carbocycles. The molecule has 2 N–H and O–H groups in total. The molecule has 136 valence electrons. The van der Waals surface area contributed by atoms with Crippen LogP contribution in [0.1, 0.15) is 38.4 Å². The molecule has 24 heavy (non-hydrogen) atoms. The Bertz CT molecular complexity index is 548. The molecule has 1 saturated carbocycles. The van der Waals surface area contributed by atoms with Crippen LogP contribution in [0.3, 0.4) is 0 Å². The lowest BCUT2D eigenvalue weighted by Gasteiger charge is -2.18. The molecule has 3 atom stereocenters. The number of anilines is 1. The lowest BCUT2D eigenvalue weighted by molar-refractivity contribution is -0.119. The molecule has 1 aromatic rings. The summed E-state index contributed by atoms with van der Waals surface area (Å²) in [5.74, 6) is 1.84. The zero-order chi connectivity index (χ0) is 17.7. The minimum atomic E-state index is -0.419. The largest absolute Gasteiger partial charge is 0.393 e. The van der Waals surface area contributed by atoms with Crippen molar-refractivity contribution in [3.8, 4) is 0 Å². The molecule has 0 saturated heterocycles. The Labute approximate surface area is 143 Å². The second-order valence-electron chi connectivity index (χ2n) is 6.47. The van der Waals surface area contributed by atoms with Gasteiger partial charge in [-0.1, -0.05) is 0 Å². The molecule has 1 amide bonds. The van der Waals surface area contributed by atoms with Gasteiger partial charge >= 0.3 is 0 Å². The molecular weight excluding hydrogens is 310 g/mol. The summed E-state index contributed by atoms with van der Waals surface area (Å²) < 4.78 is 7.37. The number of aliphatic hydroxyl groups excluding tert-OH is 1. The number of nitrogens with zero attached hydrogens (tertiary/aromatic N) is 4. The van der Waals surface area contributed by atoms with E-state index in [4.69, 9.17) is 4.74 Å². The van der Waals surface area contributed by atoms with Gasteiger partial charge in [-0.2, -0.15) is 0 Å². The zero-order valence-corrected chi connectivity index (χ0v) is 15.0. The maximum Gasteiger partial charge on any atom is 0.226 e. The summed E-state index contributed by atoms with van der Waals surface area (Å²) in [5, 5.41) is 21.7. The highest BCUT2D eigenvalue weighted by Gasteiger charge is 2.36. The molecule has 0 unspecified atom stereocenters. The summed E-state index contributed by atoms with van der Waals surface area (Å²) in [6, 6.07) is 0. The van der Waals surface area contributed by atoms with Gasteiger partial charge in [-0.3, -0.25) is 4.79 Å². The van der Waals surface area contributed by atoms with Gasteiger partial charge in [0, 0.05) is 52.6 Å². The van der Waals surface area contributed by atoms with Gasteiger partial charge in [0.1, 0.15) is 5.82 Å². The highest BCUT2D eigenvalue weighted by molar-refractivity contribution is 5.72. The number of amides is 1. The van der Waals surface area contributed by atoms with Crippen LogP contribution in [-0.2, 0) is 16.6 Å². The Morgan fingerprint density at radius 1 is 1.46 bits per heavy atom. The summed E-state index contributed by atoms with van der Waals surface area (Å²) >= 11 is 0. The SMILES string of the molecule is CCOCCN(C)c1nnc([C@H]2C[C@H](CNC(C)=O)[C@H](O)C2)n1C. The standard InChI is InChI=1S/C16H29N5O3/c1-5-24-7-6-20(3)16-19-18-15(21(16)4)12-8-13(14(23)9-12)10-17-11(2)22/h12-14,23H,5-10H2,1-4H3,(H,17,22)/t12-,13+,14+/m0/s1. The van der Waals surface area contributed by atoms with Crippen LogP contribution in [0.2, 0.25) is 0 Å². The molecule has 1 aliphatic carbocycles. The molecule has 0 spiro atoms. The van der Waals surface area contributed by atoms with Crippen molar-refractivity contribution < 1.29 is 14.6 Å². The van der Waals surface area contributed by atoms with E-state index in [1.165, 1.54) is 6.92 Å². The van der Waals surface area contributed by atoms with E-state index in [1.807, 2.05) is 30.5 Å². The Morgan fingerprint density at radius 3 is 2.88 bits per heavy atom. The van der Waals surface area contributed by atoms with Gasteiger partial charge in [0.25, 0.3) is 0 Å². The predicted octanol–water partition coefficient (Wildman–Crippen LogP) is 0.278. The molecule has 1 aromatic heterocycles. The minimum absolute atomic E-state index is 0.0646. The number of hydrogen-bond acceptors (Lipinski definition) is 6. The summed E-state index contributed by atoms with van der Waals surface area (Å²) in [4.78, 5) is 13.1. The number of rotatable bonds is 8. The molecule has 8 heteroatoms. The van der Waals surface area contributed by atoms with E-state index in [9.17, 15) is 9.90 Å². The molecule has 1 aliphatic rings. The number of carbonyl (C=O) groups is 1. The second-order valence-corrected chi connectivity index (χ2v) is 6.47. The maximum atomic E-state index is 11.1. The summed E-state index contributed by atoms with van der Waals surface area (Å²) in [6.07, 6.45) is 1.03. The van der Waals surface area contributed by atoms with E-state index in [2.05, 4.69) is 15.5 Å². The van der Waals surface area contributed by atoms with Crippen LogP contribution in [0.15, 0.2) is 0 Å². The molecule has 0 bridgehead atoms. The number of likely N-dealkylation sites (N-methyl/N-ethyl adjacent to an activating group) is 1. The maximum absolute atomic E-state index is 11.1. The lowest BCUT2D eigenvalue weighted by Crippen LogP contribution is -2.30. The van der Waals surface area contributed by atoms with Crippen molar-refractivity contribution in [3.63, 3.8) is 0 Å². The first-order valence-corrected chi connectivity index (χ1v) is 8.54. The van der Waals surface area contributed by atoms with Gasteiger partial charge in [0.15, 0.2) is 0 Å². The fourth-order valence-corrected chi connectivity index (χ4v) is 3.27. The molecule has 0 aliphatic heterocycles. The van der Waals surface area contributed by atoms with Crippen molar-refractivity contribution in [1.29, 1.82) is 0 Å². The molecule has 8 nitrogen and oxygen atoms in total. The average molecular weight is 339 g/mol. The summed E-state index contributed by atoms with van der Waals surface area (Å²) in [7, 11) is 3.92. The van der Waals surface area contributed by atoms with Crippen molar-refractivity contribution in [2.24, 2.45) is 13.0 Å². The van der Waals surface area contributed by atoms with Crippen LogP contribution in [0.25, 0.3) is 0 Å². The Morgan fingerprint density at radius 2 is 2.21 bits per heavy atom. The first-order valence-electron chi connectivity index (χ1n) is 8.54. The second kappa shape index (κ2) is 8.43.